The molecule has 3 aliphatic rings. The van der Waals surface area contributed by atoms with E-state index in [0.717, 1.165) is 20.8 Å². The van der Waals surface area contributed by atoms with E-state index >= 15 is 8.78 Å². The number of halogens is 3. The second-order valence-corrected chi connectivity index (χ2v) is 23.3. The highest BCUT2D eigenvalue weighted by molar-refractivity contribution is 5.91. The zero-order valence-electron chi connectivity index (χ0n) is 52.2. The fraction of sp³-hybridized carbons (Fsp3) is 0.309. The summed E-state index contributed by atoms with van der Waals surface area (Å²) in [7, 11) is 0. The summed E-state index contributed by atoms with van der Waals surface area (Å²) in [5, 5.41) is 64.1. The Morgan fingerprint density at radius 2 is 0.823 bits per heavy atom. The Morgan fingerprint density at radius 3 is 1.20 bits per heavy atom. The minimum absolute atomic E-state index is 0.0306. The number of ether oxygens (including phenoxy) is 7. The number of aromatic nitrogens is 9. The molecule has 9 heterocycles. The fourth-order valence-electron chi connectivity index (χ4n) is 11.8. The number of hydrogen-bond acceptors (Lipinski definition) is 22. The summed E-state index contributed by atoms with van der Waals surface area (Å²) in [6.45, 7) is 6.90. The van der Waals surface area contributed by atoms with E-state index in [9.17, 15) is 44.2 Å². The summed E-state index contributed by atoms with van der Waals surface area (Å²) in [5.74, 6) is -8.01. The molecule has 0 bridgehead atoms. The van der Waals surface area contributed by atoms with Crippen LogP contribution in [0.25, 0.3) is 16.6 Å². The maximum atomic E-state index is 16.9. The summed E-state index contributed by atoms with van der Waals surface area (Å²) in [4.78, 5) is 63.3. The zero-order valence-corrected chi connectivity index (χ0v) is 52.2. The number of esters is 4. The summed E-state index contributed by atoms with van der Waals surface area (Å²) < 4.78 is 91.6. The molecular formula is C68H63F3N10O15. The molecule has 0 saturated carbocycles. The van der Waals surface area contributed by atoms with Gasteiger partial charge in [-0.1, -0.05) is 72.8 Å². The van der Waals surface area contributed by atoms with Crippen LogP contribution in [0.15, 0.2) is 177 Å². The number of carbonyl (C=O) groups excluding carboxylic acids is 4. The first-order valence-corrected chi connectivity index (χ1v) is 29.9. The highest BCUT2D eigenvalue weighted by atomic mass is 19.2. The Kier molecular flexibility index (Phi) is 18.5. The number of benzene rings is 4. The Labute approximate surface area is 544 Å². The van der Waals surface area contributed by atoms with Crippen LogP contribution in [0.2, 0.25) is 0 Å². The van der Waals surface area contributed by atoms with Gasteiger partial charge in [0.05, 0.1) is 68.2 Å². The standard InChI is InChI=1S/C28H23FN4O5.C27H24FN3O6.C13H16FN3O4/c1-18-21-13-14-23(33(21)32-17-31-18)28(16-30)27(2,29)24(37-26(35)20-11-7-4-8-12-20)22(38-28)15-36-25(34)19-9-5-3-6-10-19;1-17-20-13-14-22(31(20)30-16-29-17)27(34)26(2,28)23(36-25(33)19-11-7-4-8-12-19)21(37-27)15-35-24(32)18-9-5-3-6-10-18;1-7-8-3-4-10(17(8)16-6-15-7)13(20)12(2,14)11(19)9(5-18)21-13/h3-14,17,22,24H,15H2,1-2H3;3-14,16,21,23,34H,15H2,1-2H3;3-4,6,9,11,18-20H,5H2,1-2H3/t22-,24-,27-,28?;21-,23-,26-,27?;9-,11-,12-,13?/m111/s1. The summed E-state index contributed by atoms with van der Waals surface area (Å²) >= 11 is 0. The van der Waals surface area contributed by atoms with Gasteiger partial charge in [0.1, 0.15) is 74.1 Å². The first-order valence-electron chi connectivity index (χ1n) is 29.9. The van der Waals surface area contributed by atoms with Crippen molar-refractivity contribution < 1.29 is 85.9 Å². The number of carbonyl (C=O) groups is 4. The Morgan fingerprint density at radius 1 is 0.490 bits per heavy atom. The van der Waals surface area contributed by atoms with Crippen LogP contribution < -0.4 is 0 Å². The van der Waals surface area contributed by atoms with Gasteiger partial charge in [0.25, 0.3) is 0 Å². The molecule has 0 aliphatic carbocycles. The molecule has 3 fully saturated rings. The van der Waals surface area contributed by atoms with Gasteiger partial charge in [-0.3, -0.25) is 0 Å². The van der Waals surface area contributed by atoms with Crippen molar-refractivity contribution in [2.75, 3.05) is 19.8 Å². The smallest absolute Gasteiger partial charge is 0.338 e. The fourth-order valence-corrected chi connectivity index (χ4v) is 11.8. The third kappa shape index (κ3) is 11.8. The quantitative estimate of drug-likeness (QED) is 0.0627. The van der Waals surface area contributed by atoms with Gasteiger partial charge < -0.3 is 53.6 Å². The maximum absolute atomic E-state index is 16.9. The molecular weight excluding hydrogens is 1250 g/mol. The molecule has 6 aromatic heterocycles. The van der Waals surface area contributed by atoms with Crippen LogP contribution in [-0.2, 0) is 50.3 Å². The molecule has 25 nitrogen and oxygen atoms in total. The summed E-state index contributed by atoms with van der Waals surface area (Å²) in [6, 6.07) is 43.9. The predicted octanol–water partition coefficient (Wildman–Crippen LogP) is 7.02. The van der Waals surface area contributed by atoms with Crippen molar-refractivity contribution in [2.45, 2.75) is 112 Å². The van der Waals surface area contributed by atoms with Gasteiger partial charge in [0.15, 0.2) is 23.5 Å². The molecule has 4 N–H and O–H groups in total. The number of hydrogen-bond donors (Lipinski definition) is 4. The molecule has 12 atom stereocenters. The monoisotopic (exact) mass is 1320 g/mol. The number of aryl methyl sites for hydroxylation is 3. The molecule has 10 aromatic rings. The van der Waals surface area contributed by atoms with Crippen LogP contribution in [0.4, 0.5) is 13.2 Å². The van der Waals surface area contributed by atoms with E-state index < -0.39 is 115 Å². The van der Waals surface area contributed by atoms with Crippen molar-refractivity contribution in [3.05, 3.63) is 233 Å². The predicted molar refractivity (Wildman–Crippen MR) is 329 cm³/mol. The van der Waals surface area contributed by atoms with Gasteiger partial charge in [-0.15, -0.1) is 0 Å². The van der Waals surface area contributed by atoms with Gasteiger partial charge >= 0.3 is 23.9 Å². The SMILES string of the molecule is Cc1ncnn2c(C3(C#N)O[C@H](COC(=O)c4ccccc4)[C@@H](OC(=O)c4ccccc4)[C@@]3(C)F)ccc12.Cc1ncnn2c(C3(O)O[C@H](CO)[C@@H](O)[C@@]3(C)F)ccc12.Cc1ncnn2c(C3(O)O[C@H](COC(=O)c4ccccc4)[C@@H](OC(=O)c4ccccc4)[C@@]3(C)F)ccc12. The lowest BCUT2D eigenvalue weighted by Crippen LogP contribution is -2.51. The molecule has 28 heteroatoms. The van der Waals surface area contributed by atoms with Crippen molar-refractivity contribution in [3.63, 3.8) is 0 Å². The summed E-state index contributed by atoms with van der Waals surface area (Å²) in [5.41, 5.74) is -5.47. The maximum Gasteiger partial charge on any atom is 0.338 e. The minimum Gasteiger partial charge on any atom is -0.459 e. The number of nitriles is 1. The first-order chi connectivity index (χ1) is 45.8. The van der Waals surface area contributed by atoms with Crippen LogP contribution >= 0.6 is 0 Å². The van der Waals surface area contributed by atoms with Gasteiger partial charge in [0.2, 0.25) is 22.8 Å². The zero-order chi connectivity index (χ0) is 68.5. The highest BCUT2D eigenvalue weighted by Gasteiger charge is 2.71. The molecule has 496 valence electrons. The van der Waals surface area contributed by atoms with E-state index in [1.54, 1.807) is 136 Å². The second kappa shape index (κ2) is 26.4. The lowest BCUT2D eigenvalue weighted by Gasteiger charge is -2.32. The van der Waals surface area contributed by atoms with Crippen molar-refractivity contribution in [1.29, 1.82) is 5.26 Å². The van der Waals surface area contributed by atoms with Crippen LogP contribution in [0.3, 0.4) is 0 Å². The number of alkyl halides is 3. The van der Waals surface area contributed by atoms with E-state index in [4.69, 9.17) is 38.3 Å². The highest BCUT2D eigenvalue weighted by Crippen LogP contribution is 2.53. The first kappa shape index (κ1) is 67.1. The van der Waals surface area contributed by atoms with Crippen LogP contribution in [0, 0.1) is 32.1 Å². The molecule has 0 amide bonds. The average molecular weight is 1320 g/mol. The van der Waals surface area contributed by atoms with Crippen molar-refractivity contribution in [1.82, 2.24) is 43.8 Å². The molecule has 13 rings (SSSR count). The second-order valence-electron chi connectivity index (χ2n) is 23.3. The summed E-state index contributed by atoms with van der Waals surface area (Å²) in [6.07, 6.45) is -4.94. The van der Waals surface area contributed by atoms with Gasteiger partial charge in [-0.05, 0) is 126 Å². The van der Waals surface area contributed by atoms with Crippen molar-refractivity contribution in [2.24, 2.45) is 0 Å². The van der Waals surface area contributed by atoms with Crippen molar-refractivity contribution >= 4 is 40.4 Å². The van der Waals surface area contributed by atoms with Gasteiger partial charge in [0, 0.05) is 0 Å². The van der Waals surface area contributed by atoms with E-state index in [-0.39, 0.29) is 39.3 Å². The molecule has 4 aromatic carbocycles. The van der Waals surface area contributed by atoms with Crippen LogP contribution in [-0.4, -0.2) is 162 Å². The Balaban J connectivity index is 0.000000152. The van der Waals surface area contributed by atoms with Crippen molar-refractivity contribution in [3.8, 4) is 6.07 Å². The van der Waals surface area contributed by atoms with Gasteiger partial charge in [-0.25, -0.2) is 60.8 Å². The Hall–Kier alpha value is -10.4. The Bertz CT molecular complexity index is 4540. The van der Waals surface area contributed by atoms with E-state index in [0.29, 0.717) is 33.6 Å². The molecule has 0 radical (unpaired) electrons. The molecule has 3 aliphatic heterocycles. The van der Waals surface area contributed by atoms with Crippen LogP contribution in [0.5, 0.6) is 0 Å². The number of aliphatic hydroxyl groups is 4. The molecule has 96 heavy (non-hydrogen) atoms. The number of rotatable bonds is 14. The molecule has 3 unspecified atom stereocenters. The van der Waals surface area contributed by atoms with Crippen LogP contribution in [0.1, 0.15) is 96.4 Å². The lowest BCUT2D eigenvalue weighted by atomic mass is 9.81. The average Bonchev–Trinajstić information content (AvgIpc) is 1.56. The third-order valence-electron chi connectivity index (χ3n) is 17.2. The molecule has 3 saturated heterocycles. The molecule has 0 spiro atoms. The van der Waals surface area contributed by atoms with E-state index in [1.807, 2.05) is 6.07 Å². The number of aliphatic hydroxyl groups excluding tert-OH is 2. The topological polar surface area (TPSA) is 328 Å². The minimum atomic E-state index is -2.67. The largest absolute Gasteiger partial charge is 0.459 e. The third-order valence-corrected chi connectivity index (χ3v) is 17.2. The van der Waals surface area contributed by atoms with E-state index in [2.05, 4.69) is 30.2 Å². The number of nitrogens with zero attached hydrogens (tertiary/aromatic N) is 10. The number of fused-ring (bicyclic) bond motifs is 3. The van der Waals surface area contributed by atoms with E-state index in [1.165, 1.54) is 75.0 Å². The van der Waals surface area contributed by atoms with Gasteiger partial charge in [-0.2, -0.15) is 20.6 Å². The normalized spacial score (nSPS) is 27.4. The lowest BCUT2D eigenvalue weighted by molar-refractivity contribution is -0.256.